The predicted octanol–water partition coefficient (Wildman–Crippen LogP) is 14.6. The van der Waals surface area contributed by atoms with Crippen molar-refractivity contribution in [2.24, 2.45) is 0 Å². The summed E-state index contributed by atoms with van der Waals surface area (Å²) in [5.74, 6) is 0.720. The van der Waals surface area contributed by atoms with Gasteiger partial charge >= 0.3 is 0 Å². The van der Waals surface area contributed by atoms with E-state index in [0.717, 1.165) is 39.3 Å². The minimum absolute atomic E-state index is 0.0458. The van der Waals surface area contributed by atoms with Gasteiger partial charge in [0.25, 0.3) is 0 Å². The first-order valence-corrected chi connectivity index (χ1v) is 20.3. The highest BCUT2D eigenvalue weighted by atomic mass is 14.9. The zero-order valence-corrected chi connectivity index (χ0v) is 33.2. The molecule has 1 heterocycles. The molecule has 0 saturated carbocycles. The van der Waals surface area contributed by atoms with Crippen LogP contribution in [0, 0.1) is 0 Å². The summed E-state index contributed by atoms with van der Waals surface area (Å²) in [5, 5.41) is 2.36. The van der Waals surface area contributed by atoms with E-state index in [-0.39, 0.29) is 10.8 Å². The third kappa shape index (κ3) is 5.25. The van der Waals surface area contributed by atoms with E-state index in [1.165, 1.54) is 72.1 Å². The van der Waals surface area contributed by atoms with E-state index in [0.29, 0.717) is 0 Å². The van der Waals surface area contributed by atoms with E-state index in [9.17, 15) is 0 Å². The summed E-state index contributed by atoms with van der Waals surface area (Å²) < 4.78 is 0. The average molecular weight is 743 g/mol. The highest BCUT2D eigenvalue weighted by Gasteiger charge is 2.36. The summed E-state index contributed by atoms with van der Waals surface area (Å²) in [6.45, 7) is 9.36. The zero-order chi connectivity index (χ0) is 39.2. The number of nitrogens with zero attached hydrogens (tertiary/aromatic N) is 2. The van der Waals surface area contributed by atoms with Gasteiger partial charge in [-0.1, -0.05) is 185 Å². The van der Waals surface area contributed by atoms with Gasteiger partial charge in [0.1, 0.15) is 0 Å². The molecule has 1 aromatic heterocycles. The fourth-order valence-electron chi connectivity index (χ4n) is 9.84. The minimum atomic E-state index is -0.105. The normalized spacial score (nSPS) is 14.1. The molecule has 58 heavy (non-hydrogen) atoms. The molecular weight excluding hydrogens is 701 g/mol. The van der Waals surface area contributed by atoms with Crippen molar-refractivity contribution in [2.75, 3.05) is 0 Å². The van der Waals surface area contributed by atoms with Crippen LogP contribution in [-0.4, -0.2) is 9.97 Å². The van der Waals surface area contributed by atoms with Crippen molar-refractivity contribution < 1.29 is 0 Å². The lowest BCUT2D eigenvalue weighted by Crippen LogP contribution is -2.14. The van der Waals surface area contributed by atoms with Gasteiger partial charge in [-0.05, 0) is 102 Å². The van der Waals surface area contributed by atoms with Crippen LogP contribution in [0.4, 0.5) is 0 Å². The molecule has 11 rings (SSSR count). The van der Waals surface area contributed by atoms with Crippen LogP contribution in [0.25, 0.3) is 89.2 Å². The minimum Gasteiger partial charge on any atom is -0.228 e. The Morgan fingerprint density at radius 3 is 1.45 bits per heavy atom. The molecule has 0 aliphatic heterocycles. The monoisotopic (exact) mass is 742 g/mol. The summed E-state index contributed by atoms with van der Waals surface area (Å²) in [7, 11) is 0. The third-order valence-corrected chi connectivity index (χ3v) is 12.9. The highest BCUT2D eigenvalue weighted by Crippen LogP contribution is 2.51. The molecule has 8 aromatic carbocycles. The second-order valence-corrected chi connectivity index (χ2v) is 17.0. The molecule has 0 bridgehead atoms. The first kappa shape index (κ1) is 34.4. The maximum Gasteiger partial charge on any atom is 0.160 e. The number of hydrogen-bond donors (Lipinski definition) is 0. The average Bonchev–Trinajstić information content (AvgIpc) is 3.65. The van der Waals surface area contributed by atoms with Gasteiger partial charge in [0.2, 0.25) is 0 Å². The van der Waals surface area contributed by atoms with Crippen molar-refractivity contribution in [3.8, 4) is 78.4 Å². The van der Waals surface area contributed by atoms with Crippen LogP contribution in [0.2, 0.25) is 0 Å². The third-order valence-electron chi connectivity index (χ3n) is 12.9. The van der Waals surface area contributed by atoms with Crippen LogP contribution >= 0.6 is 0 Å². The van der Waals surface area contributed by atoms with Gasteiger partial charge in [-0.15, -0.1) is 0 Å². The first-order chi connectivity index (χ1) is 28.3. The van der Waals surface area contributed by atoms with Crippen LogP contribution in [0.3, 0.4) is 0 Å². The zero-order valence-electron chi connectivity index (χ0n) is 33.2. The van der Waals surface area contributed by atoms with Crippen molar-refractivity contribution >= 4 is 10.8 Å². The van der Waals surface area contributed by atoms with E-state index < -0.39 is 0 Å². The van der Waals surface area contributed by atoms with Gasteiger partial charge in [-0.3, -0.25) is 0 Å². The fourth-order valence-corrected chi connectivity index (χ4v) is 9.84. The van der Waals surface area contributed by atoms with Gasteiger partial charge in [-0.2, -0.15) is 0 Å². The topological polar surface area (TPSA) is 25.8 Å². The number of benzene rings is 8. The second-order valence-electron chi connectivity index (χ2n) is 17.0. The molecule has 2 aliphatic carbocycles. The molecule has 2 heteroatoms. The lowest BCUT2D eigenvalue weighted by atomic mass is 9.81. The Balaban J connectivity index is 1.02. The van der Waals surface area contributed by atoms with Crippen molar-refractivity contribution in [1.29, 1.82) is 0 Å². The number of fused-ring (bicyclic) bond motifs is 7. The fraction of sp³-hybridized carbons (Fsp3) is 0.107. The van der Waals surface area contributed by atoms with Crippen molar-refractivity contribution in [3.05, 3.63) is 204 Å². The standard InChI is InChI=1S/C56H42N2/c1-55(2)48-23-12-10-21-43(48)45-27-25-37(32-50(45)55)36-17-14-18-38(31-36)40-29-30-47(42-20-9-8-19-41(40)42)53-34-52(57-54(58-53)35-15-6-5-7-16-35)39-26-28-46-44-22-11-13-24-49(44)56(3,4)51(46)33-39/h5-34H,1-4H3. The Labute approximate surface area is 340 Å². The van der Waals surface area contributed by atoms with E-state index in [4.69, 9.17) is 9.97 Å². The van der Waals surface area contributed by atoms with Crippen LogP contribution in [0.1, 0.15) is 49.9 Å². The molecule has 0 spiro atoms. The smallest absolute Gasteiger partial charge is 0.160 e. The lowest BCUT2D eigenvalue weighted by molar-refractivity contribution is 0.660. The van der Waals surface area contributed by atoms with Gasteiger partial charge in [0.05, 0.1) is 11.4 Å². The van der Waals surface area contributed by atoms with Crippen molar-refractivity contribution in [1.82, 2.24) is 9.97 Å². The van der Waals surface area contributed by atoms with Gasteiger partial charge in [0, 0.05) is 27.5 Å². The van der Waals surface area contributed by atoms with Crippen molar-refractivity contribution in [3.63, 3.8) is 0 Å². The quantitative estimate of drug-likeness (QED) is 0.175. The molecule has 0 saturated heterocycles. The van der Waals surface area contributed by atoms with Gasteiger partial charge in [0.15, 0.2) is 5.82 Å². The SMILES string of the molecule is CC1(C)c2ccccc2-c2ccc(-c3cccc(-c4ccc(-c5cc(-c6ccc7c(c6)C(C)(C)c6ccccc6-7)nc(-c6ccccc6)n5)c5ccccc45)c3)cc21. The molecule has 2 nitrogen and oxygen atoms in total. The molecule has 276 valence electrons. The summed E-state index contributed by atoms with van der Waals surface area (Å²) in [6, 6.07) is 66.4. The molecule has 0 N–H and O–H groups in total. The van der Waals surface area contributed by atoms with E-state index in [1.807, 2.05) is 6.07 Å². The maximum atomic E-state index is 5.28. The number of hydrogen-bond acceptors (Lipinski definition) is 2. The van der Waals surface area contributed by atoms with Gasteiger partial charge in [-0.25, -0.2) is 9.97 Å². The Morgan fingerprint density at radius 1 is 0.293 bits per heavy atom. The summed E-state index contributed by atoms with van der Waals surface area (Å²) in [4.78, 5) is 10.5. The molecule has 0 amide bonds. The number of aromatic nitrogens is 2. The van der Waals surface area contributed by atoms with Crippen LogP contribution in [-0.2, 0) is 10.8 Å². The molecule has 9 aromatic rings. The Morgan fingerprint density at radius 2 is 0.759 bits per heavy atom. The Bertz CT molecular complexity index is 3110. The van der Waals surface area contributed by atoms with Crippen LogP contribution < -0.4 is 0 Å². The molecular formula is C56H42N2. The first-order valence-electron chi connectivity index (χ1n) is 20.3. The van der Waals surface area contributed by atoms with Crippen LogP contribution in [0.5, 0.6) is 0 Å². The van der Waals surface area contributed by atoms with E-state index in [1.54, 1.807) is 0 Å². The Hall–Kier alpha value is -6.90. The molecule has 2 aliphatic rings. The van der Waals surface area contributed by atoms with Gasteiger partial charge < -0.3 is 0 Å². The van der Waals surface area contributed by atoms with E-state index in [2.05, 4.69) is 204 Å². The van der Waals surface area contributed by atoms with Crippen molar-refractivity contribution in [2.45, 2.75) is 38.5 Å². The largest absolute Gasteiger partial charge is 0.228 e. The molecule has 0 radical (unpaired) electrons. The Kier molecular flexibility index (Phi) is 7.59. The molecule has 0 atom stereocenters. The highest BCUT2D eigenvalue weighted by molar-refractivity contribution is 6.05. The number of rotatable bonds is 5. The summed E-state index contributed by atoms with van der Waals surface area (Å²) in [5.41, 5.74) is 20.5. The molecule has 0 unspecified atom stereocenters. The summed E-state index contributed by atoms with van der Waals surface area (Å²) >= 11 is 0. The predicted molar refractivity (Wildman–Crippen MR) is 242 cm³/mol. The lowest BCUT2D eigenvalue weighted by Gasteiger charge is -2.22. The maximum absolute atomic E-state index is 5.28. The second kappa shape index (κ2) is 12.8. The molecule has 0 fully saturated rings. The van der Waals surface area contributed by atoms with E-state index >= 15 is 0 Å². The van der Waals surface area contributed by atoms with Crippen LogP contribution in [0.15, 0.2) is 182 Å². The summed E-state index contributed by atoms with van der Waals surface area (Å²) in [6.07, 6.45) is 0.